The Balaban J connectivity index is 1.57. The number of morpholine rings is 1. The van der Waals surface area contributed by atoms with Gasteiger partial charge in [-0.3, -0.25) is 14.3 Å². The standard InChI is InChI=1S/C21H27N5O5S/c1-3-19(27)22-15-4-6-16(7-5-15)32(29,30)26-9-8-18-17(14-26)20(23-24(18)2)21(28)25-10-12-31-13-11-25/h4-7H,3,8-14H2,1-2H3,(H,22,27). The van der Waals surface area contributed by atoms with Gasteiger partial charge in [0.2, 0.25) is 15.9 Å². The average molecular weight is 462 g/mol. The van der Waals surface area contributed by atoms with E-state index in [1.54, 1.807) is 35.7 Å². The first-order chi connectivity index (χ1) is 15.3. The van der Waals surface area contributed by atoms with Crippen molar-refractivity contribution >= 4 is 27.5 Å². The summed E-state index contributed by atoms with van der Waals surface area (Å²) in [5, 5.41) is 7.13. The van der Waals surface area contributed by atoms with E-state index in [9.17, 15) is 18.0 Å². The van der Waals surface area contributed by atoms with Crippen molar-refractivity contribution in [2.24, 2.45) is 7.05 Å². The molecule has 2 amide bonds. The van der Waals surface area contributed by atoms with Gasteiger partial charge in [0, 0.05) is 63.0 Å². The second kappa shape index (κ2) is 9.00. The molecule has 2 aromatic rings. The Hall–Kier alpha value is -2.76. The van der Waals surface area contributed by atoms with Gasteiger partial charge in [-0.25, -0.2) is 8.42 Å². The molecular formula is C21H27N5O5S. The number of rotatable bonds is 5. The molecule has 11 heteroatoms. The summed E-state index contributed by atoms with van der Waals surface area (Å²) in [5.41, 5.74) is 2.39. The third-order valence-electron chi connectivity index (χ3n) is 5.81. The number of hydrogen-bond acceptors (Lipinski definition) is 6. The van der Waals surface area contributed by atoms with E-state index in [1.807, 2.05) is 0 Å². The van der Waals surface area contributed by atoms with Crippen LogP contribution in [0.1, 0.15) is 35.1 Å². The van der Waals surface area contributed by atoms with Crippen molar-refractivity contribution in [2.45, 2.75) is 31.2 Å². The number of aryl methyl sites for hydroxylation is 1. The van der Waals surface area contributed by atoms with Crippen LogP contribution < -0.4 is 5.32 Å². The average Bonchev–Trinajstić information content (AvgIpc) is 3.15. The molecule has 0 bridgehead atoms. The largest absolute Gasteiger partial charge is 0.378 e. The van der Waals surface area contributed by atoms with Crippen molar-refractivity contribution in [1.82, 2.24) is 19.0 Å². The quantitative estimate of drug-likeness (QED) is 0.710. The summed E-state index contributed by atoms with van der Waals surface area (Å²) in [6, 6.07) is 6.12. The maximum absolute atomic E-state index is 13.3. The SMILES string of the molecule is CCC(=O)Nc1ccc(S(=O)(=O)N2CCc3c(c(C(=O)N4CCOCC4)nn3C)C2)cc1. The van der Waals surface area contributed by atoms with Gasteiger partial charge in [0.15, 0.2) is 5.69 Å². The molecule has 10 nitrogen and oxygen atoms in total. The molecular weight excluding hydrogens is 434 g/mol. The van der Waals surface area contributed by atoms with Gasteiger partial charge in [0.05, 0.1) is 18.1 Å². The number of nitrogens with zero attached hydrogens (tertiary/aromatic N) is 4. The molecule has 3 heterocycles. The van der Waals surface area contributed by atoms with Gasteiger partial charge in [0.1, 0.15) is 0 Å². The van der Waals surface area contributed by atoms with E-state index in [0.29, 0.717) is 62.6 Å². The van der Waals surface area contributed by atoms with Crippen molar-refractivity contribution in [3.8, 4) is 0 Å². The molecule has 2 aliphatic heterocycles. The first kappa shape index (κ1) is 22.4. The zero-order valence-electron chi connectivity index (χ0n) is 18.2. The highest BCUT2D eigenvalue weighted by atomic mass is 32.2. The molecule has 2 aliphatic rings. The fourth-order valence-electron chi connectivity index (χ4n) is 3.97. The molecule has 1 N–H and O–H groups in total. The van der Waals surface area contributed by atoms with Crippen LogP contribution in [0.25, 0.3) is 0 Å². The molecule has 172 valence electrons. The fourth-order valence-corrected chi connectivity index (χ4v) is 5.38. The Labute approximate surface area is 187 Å². The van der Waals surface area contributed by atoms with Gasteiger partial charge < -0.3 is 15.0 Å². The van der Waals surface area contributed by atoms with Crippen molar-refractivity contribution < 1.29 is 22.7 Å². The zero-order chi connectivity index (χ0) is 22.9. The van der Waals surface area contributed by atoms with E-state index in [0.717, 1.165) is 5.69 Å². The summed E-state index contributed by atoms with van der Waals surface area (Å²) >= 11 is 0. The number of fused-ring (bicyclic) bond motifs is 1. The van der Waals surface area contributed by atoms with Crippen LogP contribution in [0.4, 0.5) is 5.69 Å². The molecule has 0 atom stereocenters. The topological polar surface area (TPSA) is 114 Å². The summed E-state index contributed by atoms with van der Waals surface area (Å²) < 4.78 is 34.9. The molecule has 0 spiro atoms. The van der Waals surface area contributed by atoms with Crippen molar-refractivity contribution in [2.75, 3.05) is 38.2 Å². The lowest BCUT2D eigenvalue weighted by atomic mass is 10.1. The molecule has 0 saturated carbocycles. The molecule has 1 aromatic heterocycles. The fraction of sp³-hybridized carbons (Fsp3) is 0.476. The number of anilines is 1. The Bertz CT molecular complexity index is 1120. The molecule has 1 aromatic carbocycles. The molecule has 0 radical (unpaired) electrons. The Kier molecular flexibility index (Phi) is 6.31. The van der Waals surface area contributed by atoms with Crippen molar-refractivity contribution in [3.05, 3.63) is 41.2 Å². The molecule has 4 rings (SSSR count). The second-order valence-corrected chi connectivity index (χ2v) is 9.75. The van der Waals surface area contributed by atoms with Gasteiger partial charge >= 0.3 is 0 Å². The number of carbonyl (C=O) groups excluding carboxylic acids is 2. The van der Waals surface area contributed by atoms with Gasteiger partial charge in [-0.05, 0) is 24.3 Å². The van der Waals surface area contributed by atoms with Crippen LogP contribution in [0.15, 0.2) is 29.2 Å². The van der Waals surface area contributed by atoms with E-state index in [2.05, 4.69) is 10.4 Å². The van der Waals surface area contributed by atoms with E-state index < -0.39 is 10.0 Å². The predicted octanol–water partition coefficient (Wildman–Crippen LogP) is 0.988. The van der Waals surface area contributed by atoms with Crippen LogP contribution >= 0.6 is 0 Å². The summed E-state index contributed by atoms with van der Waals surface area (Å²) in [5.74, 6) is -0.335. The number of benzene rings is 1. The number of nitrogens with one attached hydrogen (secondary N) is 1. The number of ether oxygens (including phenoxy) is 1. The van der Waals surface area contributed by atoms with Crippen LogP contribution in [0.5, 0.6) is 0 Å². The lowest BCUT2D eigenvalue weighted by molar-refractivity contribution is -0.115. The number of sulfonamides is 1. The predicted molar refractivity (Wildman–Crippen MR) is 117 cm³/mol. The van der Waals surface area contributed by atoms with Crippen molar-refractivity contribution in [3.63, 3.8) is 0 Å². The third-order valence-corrected chi connectivity index (χ3v) is 7.66. The minimum atomic E-state index is -3.77. The Morgan fingerprint density at radius 2 is 1.81 bits per heavy atom. The first-order valence-corrected chi connectivity index (χ1v) is 12.1. The molecule has 0 unspecified atom stereocenters. The van der Waals surface area contributed by atoms with Gasteiger partial charge in [-0.1, -0.05) is 6.92 Å². The number of hydrogen-bond donors (Lipinski definition) is 1. The first-order valence-electron chi connectivity index (χ1n) is 10.6. The van der Waals surface area contributed by atoms with Crippen LogP contribution in [0.2, 0.25) is 0 Å². The monoisotopic (exact) mass is 461 g/mol. The van der Waals surface area contributed by atoms with Crippen LogP contribution in [-0.4, -0.2) is 72.1 Å². The maximum atomic E-state index is 13.3. The van der Waals surface area contributed by atoms with Gasteiger partial charge in [-0.15, -0.1) is 0 Å². The van der Waals surface area contributed by atoms with E-state index in [-0.39, 0.29) is 23.3 Å². The highest BCUT2D eigenvalue weighted by molar-refractivity contribution is 7.89. The Morgan fingerprint density at radius 3 is 2.47 bits per heavy atom. The summed E-state index contributed by atoms with van der Waals surface area (Å²) in [6.07, 6.45) is 0.811. The smallest absolute Gasteiger partial charge is 0.274 e. The minimum absolute atomic E-state index is 0.0885. The lowest BCUT2D eigenvalue weighted by Crippen LogP contribution is -2.42. The number of aromatic nitrogens is 2. The number of amides is 2. The summed E-state index contributed by atoms with van der Waals surface area (Å²) in [6.45, 7) is 4.08. The molecule has 32 heavy (non-hydrogen) atoms. The van der Waals surface area contributed by atoms with E-state index in [1.165, 1.54) is 16.4 Å². The lowest BCUT2D eigenvalue weighted by Gasteiger charge is -2.29. The second-order valence-electron chi connectivity index (χ2n) is 7.82. The Morgan fingerprint density at radius 1 is 1.12 bits per heavy atom. The van der Waals surface area contributed by atoms with Gasteiger partial charge in [-0.2, -0.15) is 9.40 Å². The van der Waals surface area contributed by atoms with Crippen LogP contribution in [-0.2, 0) is 39.6 Å². The molecule has 1 fully saturated rings. The molecule has 0 aliphatic carbocycles. The van der Waals surface area contributed by atoms with Gasteiger partial charge in [0.25, 0.3) is 5.91 Å². The van der Waals surface area contributed by atoms with E-state index >= 15 is 0 Å². The third kappa shape index (κ3) is 4.27. The minimum Gasteiger partial charge on any atom is -0.378 e. The van der Waals surface area contributed by atoms with Crippen LogP contribution in [0.3, 0.4) is 0 Å². The van der Waals surface area contributed by atoms with Crippen molar-refractivity contribution in [1.29, 1.82) is 0 Å². The normalized spacial score (nSPS) is 17.1. The van der Waals surface area contributed by atoms with Crippen LogP contribution in [0, 0.1) is 0 Å². The maximum Gasteiger partial charge on any atom is 0.274 e. The summed E-state index contributed by atoms with van der Waals surface area (Å²) in [7, 11) is -1.99. The molecule has 1 saturated heterocycles. The zero-order valence-corrected chi connectivity index (χ0v) is 19.0. The number of carbonyl (C=O) groups is 2. The highest BCUT2D eigenvalue weighted by Gasteiger charge is 2.35. The highest BCUT2D eigenvalue weighted by Crippen LogP contribution is 2.28. The summed E-state index contributed by atoms with van der Waals surface area (Å²) in [4.78, 5) is 26.4. The van der Waals surface area contributed by atoms with E-state index in [4.69, 9.17) is 4.74 Å².